The van der Waals surface area contributed by atoms with Gasteiger partial charge in [0.15, 0.2) is 0 Å². The Morgan fingerprint density at radius 2 is 2.04 bits per heavy atom. The zero-order valence-electron chi connectivity index (χ0n) is 14.7. The van der Waals surface area contributed by atoms with E-state index in [9.17, 15) is 5.11 Å². The number of ether oxygens (including phenoxy) is 2. The maximum Gasteiger partial charge on any atom is 0.118 e. The fourth-order valence-corrected chi connectivity index (χ4v) is 3.32. The van der Waals surface area contributed by atoms with Gasteiger partial charge in [-0.05, 0) is 55.1 Å². The zero-order chi connectivity index (χ0) is 17.5. The van der Waals surface area contributed by atoms with E-state index in [0.717, 1.165) is 37.2 Å². The van der Waals surface area contributed by atoms with E-state index in [-0.39, 0.29) is 0 Å². The summed E-state index contributed by atoms with van der Waals surface area (Å²) >= 11 is 0. The van der Waals surface area contributed by atoms with Crippen LogP contribution in [0, 0.1) is 0 Å². The summed E-state index contributed by atoms with van der Waals surface area (Å²) < 4.78 is 10.8. The van der Waals surface area contributed by atoms with Crippen LogP contribution in [0.25, 0.3) is 0 Å². The summed E-state index contributed by atoms with van der Waals surface area (Å²) in [5, 5.41) is 17.1. The van der Waals surface area contributed by atoms with Crippen molar-refractivity contribution >= 4 is 0 Å². The molecule has 1 aromatic carbocycles. The van der Waals surface area contributed by atoms with Crippen LogP contribution in [0.2, 0.25) is 0 Å². The summed E-state index contributed by atoms with van der Waals surface area (Å²) in [5.41, 5.74) is 2.37. The Bertz CT molecular complexity index is 607. The molecule has 1 aliphatic heterocycles. The van der Waals surface area contributed by atoms with Crippen molar-refractivity contribution in [3.63, 3.8) is 0 Å². The summed E-state index contributed by atoms with van der Waals surface area (Å²) in [6.07, 6.45) is 5.67. The molecular formula is C19H27N3O3. The van der Waals surface area contributed by atoms with Crippen molar-refractivity contribution in [2.24, 2.45) is 0 Å². The van der Waals surface area contributed by atoms with Crippen LogP contribution in [0.15, 0.2) is 36.7 Å². The second-order valence-corrected chi connectivity index (χ2v) is 6.62. The molecule has 0 spiro atoms. The molecule has 0 aliphatic carbocycles. The first-order valence-corrected chi connectivity index (χ1v) is 8.84. The Hall–Kier alpha value is -1.89. The number of aliphatic hydroxyl groups is 1. The fraction of sp³-hybridized carbons (Fsp3) is 0.526. The van der Waals surface area contributed by atoms with E-state index in [4.69, 9.17) is 9.47 Å². The van der Waals surface area contributed by atoms with Gasteiger partial charge in [-0.2, -0.15) is 5.10 Å². The number of benzene rings is 1. The third-order valence-corrected chi connectivity index (χ3v) is 4.79. The average Bonchev–Trinajstić information content (AvgIpc) is 3.18. The van der Waals surface area contributed by atoms with Crippen LogP contribution >= 0.6 is 0 Å². The van der Waals surface area contributed by atoms with E-state index in [2.05, 4.69) is 15.1 Å². The van der Waals surface area contributed by atoms with Crippen LogP contribution in [0.5, 0.6) is 5.75 Å². The lowest BCUT2D eigenvalue weighted by molar-refractivity contribution is 0.00621. The predicted octanol–water partition coefficient (Wildman–Crippen LogP) is 2.18. The number of piperidine rings is 1. The molecule has 2 N–H and O–H groups in total. The molecule has 0 bridgehead atoms. The molecule has 0 saturated carbocycles. The number of H-pyrrole nitrogens is 1. The van der Waals surface area contributed by atoms with Gasteiger partial charge in [0.2, 0.25) is 0 Å². The molecule has 3 rings (SSSR count). The Kier molecular flexibility index (Phi) is 6.44. The molecule has 1 saturated heterocycles. The molecule has 6 nitrogen and oxygen atoms in total. The molecular weight excluding hydrogens is 318 g/mol. The first-order chi connectivity index (χ1) is 12.2. The summed E-state index contributed by atoms with van der Waals surface area (Å²) in [5.74, 6) is 1.42. The summed E-state index contributed by atoms with van der Waals surface area (Å²) in [7, 11) is 1.65. The zero-order valence-corrected chi connectivity index (χ0v) is 14.7. The van der Waals surface area contributed by atoms with Crippen LogP contribution in [-0.2, 0) is 11.3 Å². The van der Waals surface area contributed by atoms with Crippen LogP contribution in [0.4, 0.5) is 0 Å². The number of β-amino-alcohol motifs (C(OH)–C–C–N with tert-alkyl or cyclic N) is 1. The highest BCUT2D eigenvalue weighted by molar-refractivity contribution is 5.26. The van der Waals surface area contributed by atoms with Gasteiger partial charge in [-0.15, -0.1) is 0 Å². The SMILES string of the molecule is COc1ccc(COC[C@H](O)CN2CCC(c3cn[nH]c3)CC2)cc1. The van der Waals surface area contributed by atoms with E-state index >= 15 is 0 Å². The lowest BCUT2D eigenvalue weighted by Gasteiger charge is -2.32. The van der Waals surface area contributed by atoms with Gasteiger partial charge < -0.3 is 19.5 Å². The van der Waals surface area contributed by atoms with Gasteiger partial charge in [0.05, 0.1) is 32.6 Å². The number of methoxy groups -OCH3 is 1. The van der Waals surface area contributed by atoms with Crippen molar-refractivity contribution in [2.75, 3.05) is 33.4 Å². The lowest BCUT2D eigenvalue weighted by atomic mass is 9.91. The smallest absolute Gasteiger partial charge is 0.118 e. The largest absolute Gasteiger partial charge is 0.497 e. The summed E-state index contributed by atoms with van der Waals surface area (Å²) in [4.78, 5) is 2.32. The molecule has 1 fully saturated rings. The topological polar surface area (TPSA) is 70.6 Å². The Morgan fingerprint density at radius 1 is 1.28 bits per heavy atom. The minimum absolute atomic E-state index is 0.355. The van der Waals surface area contributed by atoms with Crippen molar-refractivity contribution in [3.05, 3.63) is 47.8 Å². The van der Waals surface area contributed by atoms with Crippen molar-refractivity contribution in [1.29, 1.82) is 0 Å². The number of rotatable bonds is 8. The van der Waals surface area contributed by atoms with Crippen molar-refractivity contribution in [3.8, 4) is 5.75 Å². The highest BCUT2D eigenvalue weighted by Gasteiger charge is 2.22. The number of aromatic amines is 1. The summed E-state index contributed by atoms with van der Waals surface area (Å²) in [6, 6.07) is 7.79. The average molecular weight is 345 g/mol. The first-order valence-electron chi connectivity index (χ1n) is 8.84. The Morgan fingerprint density at radius 3 is 2.68 bits per heavy atom. The van der Waals surface area contributed by atoms with Crippen LogP contribution in [-0.4, -0.2) is 59.7 Å². The third kappa shape index (κ3) is 5.29. The number of nitrogens with one attached hydrogen (secondary N) is 1. The molecule has 1 aromatic heterocycles. The van der Waals surface area contributed by atoms with Crippen LogP contribution < -0.4 is 4.74 Å². The van der Waals surface area contributed by atoms with Gasteiger partial charge in [0.25, 0.3) is 0 Å². The van der Waals surface area contributed by atoms with E-state index in [1.54, 1.807) is 7.11 Å². The molecule has 1 atom stereocenters. The van der Waals surface area contributed by atoms with Crippen LogP contribution in [0.1, 0.15) is 29.9 Å². The van der Waals surface area contributed by atoms with Gasteiger partial charge in [-0.25, -0.2) is 0 Å². The minimum Gasteiger partial charge on any atom is -0.497 e. The predicted molar refractivity (Wildman–Crippen MR) is 95.7 cm³/mol. The molecule has 0 unspecified atom stereocenters. The number of hydrogen-bond acceptors (Lipinski definition) is 5. The van der Waals surface area contributed by atoms with Crippen LogP contribution in [0.3, 0.4) is 0 Å². The number of hydrogen-bond donors (Lipinski definition) is 2. The standard InChI is InChI=1S/C19H27N3O3/c1-24-19-4-2-15(3-5-19)13-25-14-18(23)12-22-8-6-16(7-9-22)17-10-20-21-11-17/h2-5,10-11,16,18,23H,6-9,12-14H2,1H3,(H,20,21)/t18-/m1/s1. The monoisotopic (exact) mass is 345 g/mol. The maximum atomic E-state index is 10.2. The fourth-order valence-electron chi connectivity index (χ4n) is 3.32. The maximum absolute atomic E-state index is 10.2. The molecule has 6 heteroatoms. The molecule has 0 radical (unpaired) electrons. The Labute approximate surface area is 148 Å². The van der Waals surface area contributed by atoms with Gasteiger partial charge in [0.1, 0.15) is 5.75 Å². The number of likely N-dealkylation sites (tertiary alicyclic amines) is 1. The quantitative estimate of drug-likeness (QED) is 0.767. The van der Waals surface area contributed by atoms with Gasteiger partial charge in [-0.3, -0.25) is 5.10 Å². The van der Waals surface area contributed by atoms with E-state index in [0.29, 0.717) is 25.7 Å². The van der Waals surface area contributed by atoms with E-state index in [1.165, 1.54) is 5.56 Å². The molecule has 0 amide bonds. The molecule has 25 heavy (non-hydrogen) atoms. The lowest BCUT2D eigenvalue weighted by Crippen LogP contribution is -2.39. The van der Waals surface area contributed by atoms with Crippen molar-refractivity contribution in [1.82, 2.24) is 15.1 Å². The third-order valence-electron chi connectivity index (χ3n) is 4.79. The van der Waals surface area contributed by atoms with E-state index in [1.807, 2.05) is 36.7 Å². The molecule has 1 aliphatic rings. The van der Waals surface area contributed by atoms with Gasteiger partial charge in [0, 0.05) is 12.7 Å². The van der Waals surface area contributed by atoms with E-state index < -0.39 is 6.10 Å². The highest BCUT2D eigenvalue weighted by atomic mass is 16.5. The summed E-state index contributed by atoms with van der Waals surface area (Å²) in [6.45, 7) is 3.54. The van der Waals surface area contributed by atoms with Gasteiger partial charge in [-0.1, -0.05) is 12.1 Å². The number of aliphatic hydroxyl groups excluding tert-OH is 1. The molecule has 136 valence electrons. The number of nitrogens with zero attached hydrogens (tertiary/aromatic N) is 2. The van der Waals surface area contributed by atoms with Gasteiger partial charge >= 0.3 is 0 Å². The normalized spacial score (nSPS) is 17.5. The second kappa shape index (κ2) is 8.99. The highest BCUT2D eigenvalue weighted by Crippen LogP contribution is 2.27. The Balaban J connectivity index is 1.33. The molecule has 2 aromatic rings. The molecule has 2 heterocycles. The second-order valence-electron chi connectivity index (χ2n) is 6.62. The minimum atomic E-state index is -0.455. The first kappa shape index (κ1) is 17.9. The number of aromatic nitrogens is 2. The van der Waals surface area contributed by atoms with Crippen molar-refractivity contribution < 1.29 is 14.6 Å². The van der Waals surface area contributed by atoms with Crippen molar-refractivity contribution in [2.45, 2.75) is 31.5 Å².